The van der Waals surface area contributed by atoms with Crippen molar-refractivity contribution in [2.45, 2.75) is 25.4 Å². The van der Waals surface area contributed by atoms with Gasteiger partial charge in [-0.05, 0) is 36.6 Å². The summed E-state index contributed by atoms with van der Waals surface area (Å²) in [6.07, 6.45) is 10.6. The van der Waals surface area contributed by atoms with E-state index in [1.807, 2.05) is 41.2 Å². The highest BCUT2D eigenvalue weighted by Gasteiger charge is 2.22. The Morgan fingerprint density at radius 1 is 1.15 bits per heavy atom. The van der Waals surface area contributed by atoms with Crippen molar-refractivity contribution < 1.29 is 4.79 Å². The molecule has 138 valence electrons. The van der Waals surface area contributed by atoms with E-state index in [9.17, 15) is 4.79 Å². The van der Waals surface area contributed by atoms with Crippen LogP contribution in [-0.2, 0) is 6.54 Å². The minimum atomic E-state index is -0.0183. The zero-order chi connectivity index (χ0) is 18.5. The smallest absolute Gasteiger partial charge is 0.251 e. The van der Waals surface area contributed by atoms with E-state index in [1.54, 1.807) is 24.8 Å². The molecule has 1 N–H and O–H groups in total. The van der Waals surface area contributed by atoms with Gasteiger partial charge in [0.1, 0.15) is 5.82 Å². The highest BCUT2D eigenvalue weighted by atomic mass is 16.1. The number of piperidine rings is 1. The molecule has 1 fully saturated rings. The van der Waals surface area contributed by atoms with Crippen molar-refractivity contribution in [3.05, 3.63) is 72.4 Å². The topological polar surface area (TPSA) is 75.9 Å². The Morgan fingerprint density at radius 3 is 2.78 bits per heavy atom. The van der Waals surface area contributed by atoms with Crippen molar-refractivity contribution in [3.63, 3.8) is 0 Å². The summed E-state index contributed by atoms with van der Waals surface area (Å²) in [5, 5.41) is 7.38. The third-order valence-corrected chi connectivity index (χ3v) is 4.80. The third kappa shape index (κ3) is 4.31. The van der Waals surface area contributed by atoms with E-state index in [-0.39, 0.29) is 11.9 Å². The van der Waals surface area contributed by atoms with E-state index in [0.29, 0.717) is 12.1 Å². The molecule has 4 rings (SSSR count). The molecule has 7 nitrogen and oxygen atoms in total. The first kappa shape index (κ1) is 17.2. The van der Waals surface area contributed by atoms with Crippen molar-refractivity contribution in [3.8, 4) is 0 Å². The maximum absolute atomic E-state index is 12.6. The van der Waals surface area contributed by atoms with Crippen molar-refractivity contribution in [2.24, 2.45) is 0 Å². The fraction of sp³-hybridized carbons (Fsp3) is 0.300. The number of nitrogens with one attached hydrogen (secondary N) is 1. The molecule has 0 spiro atoms. The fourth-order valence-electron chi connectivity index (χ4n) is 3.37. The van der Waals surface area contributed by atoms with Crippen LogP contribution in [0.5, 0.6) is 0 Å². The van der Waals surface area contributed by atoms with Gasteiger partial charge in [-0.1, -0.05) is 12.1 Å². The van der Waals surface area contributed by atoms with Gasteiger partial charge < -0.3 is 10.2 Å². The van der Waals surface area contributed by atoms with Crippen LogP contribution in [0.2, 0.25) is 0 Å². The highest BCUT2D eigenvalue weighted by molar-refractivity contribution is 5.94. The van der Waals surface area contributed by atoms with Crippen LogP contribution in [0.4, 0.5) is 5.82 Å². The molecular formula is C20H22N6O. The molecule has 0 bridgehead atoms. The number of nitrogens with zero attached hydrogens (tertiary/aromatic N) is 5. The van der Waals surface area contributed by atoms with Crippen molar-refractivity contribution in [1.82, 2.24) is 25.1 Å². The van der Waals surface area contributed by atoms with Crippen molar-refractivity contribution in [2.75, 3.05) is 18.0 Å². The first-order valence-electron chi connectivity index (χ1n) is 9.16. The standard InChI is InChI=1S/C20H22N6O/c27-20(17-4-1-3-16(13-17)15-26-10-2-7-23-26)24-18-5-11-25(12-6-18)19-14-21-8-9-22-19/h1-4,7-10,13-14,18H,5-6,11-12,15H2,(H,24,27). The molecule has 2 aromatic heterocycles. The van der Waals surface area contributed by atoms with E-state index in [4.69, 9.17) is 0 Å². The van der Waals surface area contributed by atoms with Gasteiger partial charge in [0, 0.05) is 49.5 Å². The Morgan fingerprint density at radius 2 is 2.04 bits per heavy atom. The summed E-state index contributed by atoms with van der Waals surface area (Å²) in [5.41, 5.74) is 1.75. The molecule has 27 heavy (non-hydrogen) atoms. The fourth-order valence-corrected chi connectivity index (χ4v) is 3.37. The Hall–Kier alpha value is -3.22. The molecule has 1 aliphatic heterocycles. The minimum Gasteiger partial charge on any atom is -0.355 e. The second-order valence-electron chi connectivity index (χ2n) is 6.70. The Labute approximate surface area is 158 Å². The van der Waals surface area contributed by atoms with Gasteiger partial charge in [0.25, 0.3) is 5.91 Å². The van der Waals surface area contributed by atoms with Gasteiger partial charge in [-0.25, -0.2) is 4.98 Å². The quantitative estimate of drug-likeness (QED) is 0.752. The third-order valence-electron chi connectivity index (χ3n) is 4.80. The lowest BCUT2D eigenvalue weighted by molar-refractivity contribution is 0.0931. The lowest BCUT2D eigenvalue weighted by atomic mass is 10.0. The minimum absolute atomic E-state index is 0.0183. The highest BCUT2D eigenvalue weighted by Crippen LogP contribution is 2.17. The number of aromatic nitrogens is 4. The molecule has 1 aliphatic rings. The van der Waals surface area contributed by atoms with Crippen LogP contribution >= 0.6 is 0 Å². The van der Waals surface area contributed by atoms with E-state index in [1.165, 1.54) is 0 Å². The van der Waals surface area contributed by atoms with Crippen LogP contribution in [0.1, 0.15) is 28.8 Å². The number of hydrogen-bond donors (Lipinski definition) is 1. The normalized spacial score (nSPS) is 14.9. The van der Waals surface area contributed by atoms with E-state index >= 15 is 0 Å². The first-order chi connectivity index (χ1) is 13.3. The molecule has 1 amide bonds. The maximum atomic E-state index is 12.6. The number of hydrogen-bond acceptors (Lipinski definition) is 5. The number of anilines is 1. The van der Waals surface area contributed by atoms with Gasteiger partial charge >= 0.3 is 0 Å². The van der Waals surface area contributed by atoms with Crippen LogP contribution in [-0.4, -0.2) is 44.8 Å². The van der Waals surface area contributed by atoms with E-state index in [0.717, 1.165) is 37.3 Å². The SMILES string of the molecule is O=C(NC1CCN(c2cnccn2)CC1)c1cccc(Cn2cccn2)c1. The summed E-state index contributed by atoms with van der Waals surface area (Å²) < 4.78 is 1.85. The number of amides is 1. The van der Waals surface area contributed by atoms with Crippen molar-refractivity contribution >= 4 is 11.7 Å². The molecule has 0 aliphatic carbocycles. The average molecular weight is 362 g/mol. The summed E-state index contributed by atoms with van der Waals surface area (Å²) in [4.78, 5) is 23.3. The molecule has 1 saturated heterocycles. The average Bonchev–Trinajstić information content (AvgIpc) is 3.22. The summed E-state index contributed by atoms with van der Waals surface area (Å²) in [5.74, 6) is 0.879. The second-order valence-corrected chi connectivity index (χ2v) is 6.70. The van der Waals surface area contributed by atoms with Crippen LogP contribution in [0.15, 0.2) is 61.3 Å². The summed E-state index contributed by atoms with van der Waals surface area (Å²) in [6.45, 7) is 2.39. The Bertz CT molecular complexity index is 873. The number of benzene rings is 1. The zero-order valence-corrected chi connectivity index (χ0v) is 15.0. The Balaban J connectivity index is 1.33. The molecular weight excluding hydrogens is 340 g/mol. The number of carbonyl (C=O) groups excluding carboxylic acids is 1. The van der Waals surface area contributed by atoms with E-state index in [2.05, 4.69) is 25.3 Å². The summed E-state index contributed by atoms with van der Waals surface area (Å²) >= 11 is 0. The van der Waals surface area contributed by atoms with Gasteiger partial charge in [-0.2, -0.15) is 5.10 Å². The molecule has 0 radical (unpaired) electrons. The number of rotatable bonds is 5. The van der Waals surface area contributed by atoms with Gasteiger partial charge in [-0.3, -0.25) is 14.5 Å². The molecule has 0 saturated carbocycles. The van der Waals surface area contributed by atoms with Crippen LogP contribution < -0.4 is 10.2 Å². The van der Waals surface area contributed by atoms with Crippen LogP contribution in [0.25, 0.3) is 0 Å². The lowest BCUT2D eigenvalue weighted by Gasteiger charge is -2.32. The lowest BCUT2D eigenvalue weighted by Crippen LogP contribution is -2.45. The second kappa shape index (κ2) is 7.99. The molecule has 3 aromatic rings. The zero-order valence-electron chi connectivity index (χ0n) is 15.0. The summed E-state index contributed by atoms with van der Waals surface area (Å²) in [6, 6.07) is 9.80. The molecule has 3 heterocycles. The van der Waals surface area contributed by atoms with Gasteiger partial charge in [-0.15, -0.1) is 0 Å². The molecule has 7 heteroatoms. The van der Waals surface area contributed by atoms with Gasteiger partial charge in [0.2, 0.25) is 0 Å². The van der Waals surface area contributed by atoms with Crippen LogP contribution in [0, 0.1) is 0 Å². The molecule has 0 unspecified atom stereocenters. The predicted molar refractivity (Wildman–Crippen MR) is 103 cm³/mol. The molecule has 0 atom stereocenters. The monoisotopic (exact) mass is 362 g/mol. The first-order valence-corrected chi connectivity index (χ1v) is 9.16. The predicted octanol–water partition coefficient (Wildman–Crippen LogP) is 2.12. The van der Waals surface area contributed by atoms with Gasteiger partial charge in [0.05, 0.1) is 12.7 Å². The Kier molecular flexibility index (Phi) is 5.09. The number of carbonyl (C=O) groups is 1. The maximum Gasteiger partial charge on any atom is 0.251 e. The van der Waals surface area contributed by atoms with E-state index < -0.39 is 0 Å². The summed E-state index contributed by atoms with van der Waals surface area (Å²) in [7, 11) is 0. The largest absolute Gasteiger partial charge is 0.355 e. The molecule has 1 aromatic carbocycles. The van der Waals surface area contributed by atoms with Gasteiger partial charge in [0.15, 0.2) is 0 Å². The van der Waals surface area contributed by atoms with Crippen LogP contribution in [0.3, 0.4) is 0 Å². The van der Waals surface area contributed by atoms with Crippen molar-refractivity contribution in [1.29, 1.82) is 0 Å².